The summed E-state index contributed by atoms with van der Waals surface area (Å²) < 4.78 is 17.7. The van der Waals surface area contributed by atoms with Crippen molar-refractivity contribution in [2.75, 3.05) is 11.9 Å². The molecule has 94 valence electrons. The van der Waals surface area contributed by atoms with Crippen molar-refractivity contribution < 1.29 is 13.9 Å². The Bertz CT molecular complexity index is 362. The summed E-state index contributed by atoms with van der Waals surface area (Å²) >= 11 is 0. The topological polar surface area (TPSA) is 38.3 Å². The van der Waals surface area contributed by atoms with Crippen molar-refractivity contribution in [1.82, 2.24) is 0 Å². The predicted octanol–water partition coefficient (Wildman–Crippen LogP) is 3.67. The smallest absolute Gasteiger partial charge is 0.411 e. The lowest BCUT2D eigenvalue weighted by molar-refractivity contribution is 0.133. The SMILES string of the molecule is CC(C)C(C)COC(=O)Nc1ccc(F)cc1. The van der Waals surface area contributed by atoms with Crippen LogP contribution in [0.3, 0.4) is 0 Å². The highest BCUT2D eigenvalue weighted by Crippen LogP contribution is 2.11. The maximum absolute atomic E-state index is 12.6. The maximum Gasteiger partial charge on any atom is 0.411 e. The van der Waals surface area contributed by atoms with Gasteiger partial charge in [0.05, 0.1) is 6.61 Å². The Balaban J connectivity index is 2.37. The molecular formula is C13H18FNO2. The van der Waals surface area contributed by atoms with Crippen LogP contribution in [0.1, 0.15) is 20.8 Å². The van der Waals surface area contributed by atoms with E-state index in [0.29, 0.717) is 24.1 Å². The van der Waals surface area contributed by atoms with Gasteiger partial charge in [-0.15, -0.1) is 0 Å². The van der Waals surface area contributed by atoms with Crippen LogP contribution >= 0.6 is 0 Å². The molecule has 3 nitrogen and oxygen atoms in total. The minimum atomic E-state index is -0.510. The molecule has 1 aromatic rings. The van der Waals surface area contributed by atoms with Crippen LogP contribution in [-0.2, 0) is 4.74 Å². The van der Waals surface area contributed by atoms with Gasteiger partial charge in [0.1, 0.15) is 5.82 Å². The number of hydrogen-bond donors (Lipinski definition) is 1. The summed E-state index contributed by atoms with van der Waals surface area (Å²) in [4.78, 5) is 11.4. The Morgan fingerprint density at radius 3 is 2.41 bits per heavy atom. The van der Waals surface area contributed by atoms with Gasteiger partial charge >= 0.3 is 6.09 Å². The summed E-state index contributed by atoms with van der Waals surface area (Å²) in [5.74, 6) is 0.444. The van der Waals surface area contributed by atoms with Crippen molar-refractivity contribution in [2.24, 2.45) is 11.8 Å². The number of carbonyl (C=O) groups is 1. The molecule has 4 heteroatoms. The number of anilines is 1. The highest BCUT2D eigenvalue weighted by molar-refractivity contribution is 5.84. The van der Waals surface area contributed by atoms with E-state index in [1.54, 1.807) is 0 Å². The normalized spacial score (nSPS) is 12.3. The van der Waals surface area contributed by atoms with Crippen molar-refractivity contribution in [1.29, 1.82) is 0 Å². The molecule has 0 heterocycles. The molecule has 1 aromatic carbocycles. The molecule has 1 atom stereocenters. The van der Waals surface area contributed by atoms with E-state index in [9.17, 15) is 9.18 Å². The number of carbonyl (C=O) groups excluding carboxylic acids is 1. The predicted molar refractivity (Wildman–Crippen MR) is 65.4 cm³/mol. The Morgan fingerprint density at radius 2 is 1.88 bits per heavy atom. The molecule has 0 bridgehead atoms. The van der Waals surface area contributed by atoms with Gasteiger partial charge in [-0.25, -0.2) is 9.18 Å². The van der Waals surface area contributed by atoms with Crippen LogP contribution in [0.5, 0.6) is 0 Å². The summed E-state index contributed by atoms with van der Waals surface area (Å²) in [6, 6.07) is 5.55. The van der Waals surface area contributed by atoms with E-state index in [4.69, 9.17) is 4.74 Å². The Labute approximate surface area is 101 Å². The van der Waals surface area contributed by atoms with Crippen LogP contribution < -0.4 is 5.32 Å². The fraction of sp³-hybridized carbons (Fsp3) is 0.462. The lowest BCUT2D eigenvalue weighted by Gasteiger charge is -2.15. The highest BCUT2D eigenvalue weighted by Gasteiger charge is 2.10. The average molecular weight is 239 g/mol. The van der Waals surface area contributed by atoms with E-state index in [1.165, 1.54) is 24.3 Å². The quantitative estimate of drug-likeness (QED) is 0.870. The Hall–Kier alpha value is -1.58. The molecule has 0 aromatic heterocycles. The first-order valence-corrected chi connectivity index (χ1v) is 5.68. The van der Waals surface area contributed by atoms with Crippen molar-refractivity contribution in [2.45, 2.75) is 20.8 Å². The number of amides is 1. The monoisotopic (exact) mass is 239 g/mol. The van der Waals surface area contributed by atoms with Crippen molar-refractivity contribution in [3.63, 3.8) is 0 Å². The second-order valence-corrected chi connectivity index (χ2v) is 4.45. The molecule has 0 aliphatic carbocycles. The van der Waals surface area contributed by atoms with E-state index >= 15 is 0 Å². The van der Waals surface area contributed by atoms with E-state index < -0.39 is 6.09 Å². The molecule has 0 saturated heterocycles. The number of hydrogen-bond acceptors (Lipinski definition) is 2. The fourth-order valence-electron chi connectivity index (χ4n) is 1.09. The molecule has 1 N–H and O–H groups in total. The summed E-state index contributed by atoms with van der Waals surface area (Å²) in [5.41, 5.74) is 0.522. The highest BCUT2D eigenvalue weighted by atomic mass is 19.1. The van der Waals surface area contributed by atoms with Crippen LogP contribution in [0.2, 0.25) is 0 Å². The Kier molecular flexibility index (Phi) is 4.94. The van der Waals surface area contributed by atoms with Gasteiger partial charge in [0.25, 0.3) is 0 Å². The van der Waals surface area contributed by atoms with Crippen LogP contribution in [0, 0.1) is 17.7 Å². The number of benzene rings is 1. The lowest BCUT2D eigenvalue weighted by atomic mass is 10.00. The second-order valence-electron chi connectivity index (χ2n) is 4.45. The Morgan fingerprint density at radius 1 is 1.29 bits per heavy atom. The van der Waals surface area contributed by atoms with Gasteiger partial charge in [-0.3, -0.25) is 5.32 Å². The first-order chi connectivity index (χ1) is 7.99. The minimum Gasteiger partial charge on any atom is -0.449 e. The number of rotatable bonds is 4. The van der Waals surface area contributed by atoms with Crippen molar-refractivity contribution in [3.05, 3.63) is 30.1 Å². The third-order valence-electron chi connectivity index (χ3n) is 2.71. The summed E-state index contributed by atoms with van der Waals surface area (Å²) in [6.45, 7) is 6.55. The second kappa shape index (κ2) is 6.23. The van der Waals surface area contributed by atoms with Gasteiger partial charge in [-0.2, -0.15) is 0 Å². The molecule has 1 amide bonds. The largest absolute Gasteiger partial charge is 0.449 e. The van der Waals surface area contributed by atoms with Crippen molar-refractivity contribution in [3.8, 4) is 0 Å². The first-order valence-electron chi connectivity index (χ1n) is 5.68. The van der Waals surface area contributed by atoms with E-state index in [-0.39, 0.29) is 5.82 Å². The van der Waals surface area contributed by atoms with Gasteiger partial charge in [0.2, 0.25) is 0 Å². The third-order valence-corrected chi connectivity index (χ3v) is 2.71. The zero-order valence-electron chi connectivity index (χ0n) is 10.4. The van der Waals surface area contributed by atoms with E-state index in [1.807, 2.05) is 6.92 Å². The number of ether oxygens (including phenoxy) is 1. The number of halogens is 1. The van der Waals surface area contributed by atoms with Crippen LogP contribution in [0.15, 0.2) is 24.3 Å². The fourth-order valence-corrected chi connectivity index (χ4v) is 1.09. The molecular weight excluding hydrogens is 221 g/mol. The molecule has 0 radical (unpaired) electrons. The van der Waals surface area contributed by atoms with Gasteiger partial charge in [-0.05, 0) is 36.1 Å². The lowest BCUT2D eigenvalue weighted by Crippen LogP contribution is -2.19. The van der Waals surface area contributed by atoms with Crippen molar-refractivity contribution >= 4 is 11.8 Å². The van der Waals surface area contributed by atoms with Gasteiger partial charge in [0, 0.05) is 5.69 Å². The molecule has 1 rings (SSSR count). The summed E-state index contributed by atoms with van der Waals surface area (Å²) in [7, 11) is 0. The van der Waals surface area contributed by atoms with E-state index in [2.05, 4.69) is 19.2 Å². The summed E-state index contributed by atoms with van der Waals surface area (Å²) in [5, 5.41) is 2.54. The molecule has 0 aliphatic heterocycles. The molecule has 1 unspecified atom stereocenters. The number of nitrogens with one attached hydrogen (secondary N) is 1. The van der Waals surface area contributed by atoms with Gasteiger partial charge in [0.15, 0.2) is 0 Å². The zero-order valence-corrected chi connectivity index (χ0v) is 10.4. The molecule has 0 aliphatic rings. The van der Waals surface area contributed by atoms with Crippen LogP contribution in [-0.4, -0.2) is 12.7 Å². The van der Waals surface area contributed by atoms with Gasteiger partial charge in [-0.1, -0.05) is 20.8 Å². The first kappa shape index (κ1) is 13.5. The molecule has 17 heavy (non-hydrogen) atoms. The minimum absolute atomic E-state index is 0.314. The molecule has 0 spiro atoms. The molecule has 0 fully saturated rings. The third kappa shape index (κ3) is 4.85. The average Bonchev–Trinajstić information content (AvgIpc) is 2.29. The van der Waals surface area contributed by atoms with Gasteiger partial charge < -0.3 is 4.74 Å². The standard InChI is InChI=1S/C13H18FNO2/c1-9(2)10(3)8-17-13(16)15-12-6-4-11(14)5-7-12/h4-7,9-10H,8H2,1-3H3,(H,15,16). The summed E-state index contributed by atoms with van der Waals surface area (Å²) in [6.07, 6.45) is -0.510. The van der Waals surface area contributed by atoms with E-state index in [0.717, 1.165) is 0 Å². The van der Waals surface area contributed by atoms with Crippen LogP contribution in [0.4, 0.5) is 14.9 Å². The maximum atomic E-state index is 12.6. The molecule has 0 saturated carbocycles. The van der Waals surface area contributed by atoms with Crippen LogP contribution in [0.25, 0.3) is 0 Å². The zero-order chi connectivity index (χ0) is 12.8.